The molecule has 0 aliphatic heterocycles. The van der Waals surface area contributed by atoms with E-state index in [0.717, 1.165) is 19.3 Å². The van der Waals surface area contributed by atoms with Crippen LogP contribution in [-0.4, -0.2) is 17.3 Å². The van der Waals surface area contributed by atoms with Crippen LogP contribution in [0.25, 0.3) is 0 Å². The van der Waals surface area contributed by atoms with E-state index in [1.165, 1.54) is 0 Å². The summed E-state index contributed by atoms with van der Waals surface area (Å²) in [6.45, 7) is 0. The minimum atomic E-state index is -0.740. The van der Waals surface area contributed by atoms with Crippen molar-refractivity contribution in [2.24, 2.45) is 11.8 Å². The van der Waals surface area contributed by atoms with E-state index in [0.29, 0.717) is 6.42 Å². The summed E-state index contributed by atoms with van der Waals surface area (Å²) in [5.41, 5.74) is 0. The zero-order valence-corrected chi connectivity index (χ0v) is 6.71. The summed E-state index contributed by atoms with van der Waals surface area (Å²) in [5, 5.41) is 0. The van der Waals surface area contributed by atoms with Crippen molar-refractivity contribution in [2.75, 3.05) is 0 Å². The van der Waals surface area contributed by atoms with Crippen molar-refractivity contribution in [2.45, 2.75) is 25.7 Å². The normalized spacial score (nSPS) is 35.5. The maximum Gasteiger partial charge on any atom is 0.264 e. The lowest BCUT2D eigenvalue weighted by molar-refractivity contribution is -0.151. The summed E-state index contributed by atoms with van der Waals surface area (Å²) >= 11 is 0. The van der Waals surface area contributed by atoms with Crippen molar-refractivity contribution in [3.8, 4) is 0 Å². The molecule has 2 aliphatic rings. The molecule has 2 rings (SSSR count). The van der Waals surface area contributed by atoms with Gasteiger partial charge >= 0.3 is 0 Å². The Morgan fingerprint density at radius 3 is 1.92 bits per heavy atom. The van der Waals surface area contributed by atoms with Gasteiger partial charge in [-0.05, 0) is 19.3 Å². The molecule has 2 fully saturated rings. The summed E-state index contributed by atoms with van der Waals surface area (Å²) in [4.78, 5) is 33.4. The molecule has 64 valence electrons. The number of ketones is 3. The second-order valence-corrected chi connectivity index (χ2v) is 3.62. The Kier molecular flexibility index (Phi) is 1.60. The second-order valence-electron chi connectivity index (χ2n) is 3.62. The Bertz CT molecular complexity index is 243. The van der Waals surface area contributed by atoms with Crippen LogP contribution in [0.15, 0.2) is 0 Å². The third kappa shape index (κ3) is 0.924. The SMILES string of the molecule is O=C1C(=O)C2CCCC(C2)C1=O. The molecule has 2 atom stereocenters. The molecule has 0 saturated heterocycles. The molecule has 3 heteroatoms. The van der Waals surface area contributed by atoms with Crippen LogP contribution < -0.4 is 0 Å². The molecule has 0 spiro atoms. The first kappa shape index (κ1) is 7.65. The van der Waals surface area contributed by atoms with Gasteiger partial charge in [0.2, 0.25) is 11.6 Å². The number of carbonyl (C=O) groups is 3. The quantitative estimate of drug-likeness (QED) is 0.493. The Morgan fingerprint density at radius 2 is 1.42 bits per heavy atom. The van der Waals surface area contributed by atoms with Crippen LogP contribution in [0.2, 0.25) is 0 Å². The van der Waals surface area contributed by atoms with Crippen LogP contribution in [0.5, 0.6) is 0 Å². The molecule has 0 radical (unpaired) electrons. The summed E-state index contributed by atoms with van der Waals surface area (Å²) in [6.07, 6.45) is 3.15. The summed E-state index contributed by atoms with van der Waals surface area (Å²) < 4.78 is 0. The number of carbonyl (C=O) groups excluding carboxylic acids is 3. The van der Waals surface area contributed by atoms with E-state index < -0.39 is 17.3 Å². The van der Waals surface area contributed by atoms with Gasteiger partial charge in [0.25, 0.3) is 5.78 Å². The zero-order valence-electron chi connectivity index (χ0n) is 6.71. The van der Waals surface area contributed by atoms with Gasteiger partial charge in [0.1, 0.15) is 0 Å². The van der Waals surface area contributed by atoms with E-state index in [9.17, 15) is 14.4 Å². The molecular formula is C9H10O3. The number of hydrogen-bond acceptors (Lipinski definition) is 3. The monoisotopic (exact) mass is 166 g/mol. The molecule has 0 aromatic carbocycles. The second kappa shape index (κ2) is 2.51. The Balaban J connectivity index is 2.30. The average molecular weight is 166 g/mol. The van der Waals surface area contributed by atoms with Crippen molar-refractivity contribution in [3.05, 3.63) is 0 Å². The fourth-order valence-electron chi connectivity index (χ4n) is 2.16. The van der Waals surface area contributed by atoms with Crippen LogP contribution in [0, 0.1) is 11.8 Å². The van der Waals surface area contributed by atoms with Gasteiger partial charge in [-0.2, -0.15) is 0 Å². The first-order valence-corrected chi connectivity index (χ1v) is 4.32. The molecule has 2 saturated carbocycles. The molecule has 2 unspecified atom stereocenters. The highest BCUT2D eigenvalue weighted by atomic mass is 16.2. The molecule has 2 aliphatic carbocycles. The predicted octanol–water partition coefficient (Wildman–Crippen LogP) is 0.514. The molecule has 12 heavy (non-hydrogen) atoms. The molecule has 3 nitrogen and oxygen atoms in total. The summed E-state index contributed by atoms with van der Waals surface area (Å²) in [7, 11) is 0. The van der Waals surface area contributed by atoms with Crippen LogP contribution in [0.3, 0.4) is 0 Å². The summed E-state index contributed by atoms with van der Waals surface area (Å²) in [6, 6.07) is 0. The predicted molar refractivity (Wildman–Crippen MR) is 40.5 cm³/mol. The minimum Gasteiger partial charge on any atom is -0.290 e. The van der Waals surface area contributed by atoms with Crippen molar-refractivity contribution in [3.63, 3.8) is 0 Å². The van der Waals surface area contributed by atoms with Gasteiger partial charge in [-0.25, -0.2) is 0 Å². The maximum absolute atomic E-state index is 11.2. The van der Waals surface area contributed by atoms with Gasteiger partial charge in [0.05, 0.1) is 0 Å². The van der Waals surface area contributed by atoms with Crippen LogP contribution >= 0.6 is 0 Å². The van der Waals surface area contributed by atoms with Gasteiger partial charge < -0.3 is 0 Å². The third-order valence-corrected chi connectivity index (χ3v) is 2.86. The molecule has 2 bridgehead atoms. The van der Waals surface area contributed by atoms with E-state index in [2.05, 4.69) is 0 Å². The van der Waals surface area contributed by atoms with Crippen LogP contribution in [-0.2, 0) is 14.4 Å². The number of rotatable bonds is 0. The molecule has 0 N–H and O–H groups in total. The van der Waals surface area contributed by atoms with E-state index in [1.807, 2.05) is 0 Å². The van der Waals surface area contributed by atoms with Crippen molar-refractivity contribution in [1.29, 1.82) is 0 Å². The van der Waals surface area contributed by atoms with E-state index in [1.54, 1.807) is 0 Å². The molecular weight excluding hydrogens is 156 g/mol. The van der Waals surface area contributed by atoms with Gasteiger partial charge in [-0.1, -0.05) is 6.42 Å². The summed E-state index contributed by atoms with van der Waals surface area (Å²) in [5.74, 6) is -1.87. The standard InChI is InChI=1S/C9H10O3/c10-7-5-2-1-3-6(4-5)8(11)9(7)12/h5-6H,1-4H2. The Hall–Kier alpha value is -0.990. The fraction of sp³-hybridized carbons (Fsp3) is 0.667. The van der Waals surface area contributed by atoms with Crippen molar-refractivity contribution in [1.82, 2.24) is 0 Å². The highest BCUT2D eigenvalue weighted by Crippen LogP contribution is 2.34. The van der Waals surface area contributed by atoms with Crippen LogP contribution in [0.1, 0.15) is 25.7 Å². The van der Waals surface area contributed by atoms with Gasteiger partial charge in [-0.3, -0.25) is 14.4 Å². The lowest BCUT2D eigenvalue weighted by Crippen LogP contribution is -2.43. The topological polar surface area (TPSA) is 51.2 Å². The lowest BCUT2D eigenvalue weighted by atomic mass is 9.70. The highest BCUT2D eigenvalue weighted by molar-refractivity contribution is 6.65. The highest BCUT2D eigenvalue weighted by Gasteiger charge is 2.43. The average Bonchev–Trinajstić information content (AvgIpc) is 2.13. The maximum atomic E-state index is 11.2. The first-order chi connectivity index (χ1) is 5.70. The van der Waals surface area contributed by atoms with E-state index in [-0.39, 0.29) is 11.8 Å². The molecule has 0 aromatic rings. The minimum absolute atomic E-state index is 0.131. The molecule has 0 aromatic heterocycles. The van der Waals surface area contributed by atoms with Gasteiger partial charge in [0.15, 0.2) is 0 Å². The lowest BCUT2D eigenvalue weighted by Gasteiger charge is -2.30. The number of fused-ring (bicyclic) bond motifs is 2. The van der Waals surface area contributed by atoms with E-state index in [4.69, 9.17) is 0 Å². The van der Waals surface area contributed by atoms with Gasteiger partial charge in [0, 0.05) is 11.8 Å². The smallest absolute Gasteiger partial charge is 0.264 e. The fourth-order valence-corrected chi connectivity index (χ4v) is 2.16. The largest absolute Gasteiger partial charge is 0.290 e. The molecule has 0 heterocycles. The Labute approximate surface area is 70.1 Å². The van der Waals surface area contributed by atoms with E-state index >= 15 is 0 Å². The van der Waals surface area contributed by atoms with Gasteiger partial charge in [-0.15, -0.1) is 0 Å². The number of hydrogen-bond donors (Lipinski definition) is 0. The number of Topliss-reactive ketones (excluding diaryl/α,β-unsaturated/α-hetero) is 3. The Morgan fingerprint density at radius 1 is 0.917 bits per heavy atom. The van der Waals surface area contributed by atoms with Crippen molar-refractivity contribution >= 4 is 17.3 Å². The molecule has 0 amide bonds. The zero-order chi connectivity index (χ0) is 8.72. The first-order valence-electron chi connectivity index (χ1n) is 4.32. The van der Waals surface area contributed by atoms with Crippen molar-refractivity contribution < 1.29 is 14.4 Å². The third-order valence-electron chi connectivity index (χ3n) is 2.86. The van der Waals surface area contributed by atoms with Crippen LogP contribution in [0.4, 0.5) is 0 Å².